The van der Waals surface area contributed by atoms with Gasteiger partial charge in [0.15, 0.2) is 6.10 Å². The standard InChI is InChI=1S/C12H19N3O4/c1-7(2)19-10-5-8(3)14-12(15-10)13-6-9(18-4)11(16)17/h5,7,9H,6H2,1-4H3,(H,16,17)(H,13,14,15). The van der Waals surface area contributed by atoms with Crippen LogP contribution in [0.15, 0.2) is 6.07 Å². The fourth-order valence-electron chi connectivity index (χ4n) is 1.38. The molecule has 7 nitrogen and oxygen atoms in total. The van der Waals surface area contributed by atoms with Crippen LogP contribution < -0.4 is 10.1 Å². The first kappa shape index (κ1) is 15.2. The van der Waals surface area contributed by atoms with Gasteiger partial charge < -0.3 is 19.9 Å². The van der Waals surface area contributed by atoms with Crippen molar-refractivity contribution >= 4 is 11.9 Å². The van der Waals surface area contributed by atoms with Gasteiger partial charge in [-0.3, -0.25) is 0 Å². The largest absolute Gasteiger partial charge is 0.479 e. The maximum atomic E-state index is 10.8. The van der Waals surface area contributed by atoms with Crippen molar-refractivity contribution in [2.45, 2.75) is 33.0 Å². The topological polar surface area (TPSA) is 93.6 Å². The molecule has 1 unspecified atom stereocenters. The Morgan fingerprint density at radius 3 is 2.68 bits per heavy atom. The van der Waals surface area contributed by atoms with Crippen LogP contribution in [-0.2, 0) is 9.53 Å². The summed E-state index contributed by atoms with van der Waals surface area (Å²) in [5.74, 6) is -0.269. The van der Waals surface area contributed by atoms with E-state index in [1.807, 2.05) is 20.8 Å². The SMILES string of the molecule is COC(CNc1nc(C)cc(OC(C)C)n1)C(=O)O. The molecule has 1 aromatic rings. The van der Waals surface area contributed by atoms with Crippen LogP contribution in [0.25, 0.3) is 0 Å². The number of nitrogens with one attached hydrogen (secondary N) is 1. The van der Waals surface area contributed by atoms with Crippen molar-refractivity contribution in [3.05, 3.63) is 11.8 Å². The molecule has 19 heavy (non-hydrogen) atoms. The van der Waals surface area contributed by atoms with E-state index < -0.39 is 12.1 Å². The molecule has 1 rings (SSSR count). The first-order chi connectivity index (χ1) is 8.92. The van der Waals surface area contributed by atoms with E-state index >= 15 is 0 Å². The summed E-state index contributed by atoms with van der Waals surface area (Å²) < 4.78 is 10.3. The summed E-state index contributed by atoms with van der Waals surface area (Å²) in [6.07, 6.45) is -0.938. The van der Waals surface area contributed by atoms with Crippen LogP contribution in [0.1, 0.15) is 19.5 Å². The highest BCUT2D eigenvalue weighted by Crippen LogP contribution is 2.13. The number of aromatic nitrogens is 2. The third kappa shape index (κ3) is 5.09. The zero-order valence-electron chi connectivity index (χ0n) is 11.5. The Bertz CT molecular complexity index is 437. The Kier molecular flexibility index (Phi) is 5.50. The van der Waals surface area contributed by atoms with Gasteiger partial charge in [0.05, 0.1) is 12.6 Å². The highest BCUT2D eigenvalue weighted by atomic mass is 16.5. The van der Waals surface area contributed by atoms with Crippen LogP contribution in [0.3, 0.4) is 0 Å². The molecule has 7 heteroatoms. The van der Waals surface area contributed by atoms with Gasteiger partial charge in [-0.1, -0.05) is 0 Å². The smallest absolute Gasteiger partial charge is 0.334 e. The Labute approximate surface area is 112 Å². The highest BCUT2D eigenvalue weighted by molar-refractivity contribution is 5.73. The number of hydrogen-bond acceptors (Lipinski definition) is 6. The van der Waals surface area contributed by atoms with Gasteiger partial charge in [0.2, 0.25) is 11.8 Å². The van der Waals surface area contributed by atoms with Gasteiger partial charge in [-0.05, 0) is 20.8 Å². The minimum Gasteiger partial charge on any atom is -0.479 e. The molecular weight excluding hydrogens is 250 g/mol. The van der Waals surface area contributed by atoms with Gasteiger partial charge in [0.25, 0.3) is 0 Å². The highest BCUT2D eigenvalue weighted by Gasteiger charge is 2.16. The Morgan fingerprint density at radius 2 is 2.16 bits per heavy atom. The van der Waals surface area contributed by atoms with E-state index in [1.54, 1.807) is 6.07 Å². The minimum absolute atomic E-state index is 0.00731. The zero-order chi connectivity index (χ0) is 14.4. The molecule has 0 aliphatic rings. The molecule has 0 fully saturated rings. The van der Waals surface area contributed by atoms with Crippen molar-refractivity contribution in [1.82, 2.24) is 9.97 Å². The van der Waals surface area contributed by atoms with Gasteiger partial charge in [0.1, 0.15) is 0 Å². The number of hydrogen-bond donors (Lipinski definition) is 2. The molecule has 0 radical (unpaired) electrons. The number of carbonyl (C=O) groups is 1. The molecule has 0 aliphatic heterocycles. The number of methoxy groups -OCH3 is 1. The monoisotopic (exact) mass is 269 g/mol. The van der Waals surface area contributed by atoms with Gasteiger partial charge in [-0.25, -0.2) is 9.78 Å². The molecule has 0 aromatic carbocycles. The van der Waals surface area contributed by atoms with Gasteiger partial charge in [0, 0.05) is 18.9 Å². The molecule has 0 saturated carbocycles. The number of aryl methyl sites for hydroxylation is 1. The Hall–Kier alpha value is -1.89. The lowest BCUT2D eigenvalue weighted by Crippen LogP contribution is -2.31. The molecule has 106 valence electrons. The summed E-state index contributed by atoms with van der Waals surface area (Å²) in [4.78, 5) is 19.1. The average Bonchev–Trinajstić information content (AvgIpc) is 2.27. The van der Waals surface area contributed by atoms with E-state index in [-0.39, 0.29) is 12.6 Å². The van der Waals surface area contributed by atoms with Crippen LogP contribution in [0.2, 0.25) is 0 Å². The quantitative estimate of drug-likeness (QED) is 0.765. The summed E-state index contributed by atoms with van der Waals surface area (Å²) in [6, 6.07) is 1.72. The lowest BCUT2D eigenvalue weighted by molar-refractivity contribution is -0.147. The molecule has 1 aromatic heterocycles. The van der Waals surface area contributed by atoms with Crippen molar-refractivity contribution in [3.63, 3.8) is 0 Å². The van der Waals surface area contributed by atoms with Gasteiger partial charge in [-0.2, -0.15) is 4.98 Å². The molecule has 1 heterocycles. The number of ether oxygens (including phenoxy) is 2. The van der Waals surface area contributed by atoms with Crippen LogP contribution >= 0.6 is 0 Å². The van der Waals surface area contributed by atoms with Crippen molar-refractivity contribution in [1.29, 1.82) is 0 Å². The maximum absolute atomic E-state index is 10.8. The second-order valence-corrected chi connectivity index (χ2v) is 4.28. The first-order valence-electron chi connectivity index (χ1n) is 5.94. The predicted octanol–water partition coefficient (Wildman–Crippen LogP) is 1.08. The lowest BCUT2D eigenvalue weighted by atomic mass is 10.3. The van der Waals surface area contributed by atoms with Crippen molar-refractivity contribution in [2.24, 2.45) is 0 Å². The second kappa shape index (κ2) is 6.89. The summed E-state index contributed by atoms with van der Waals surface area (Å²) in [5, 5.41) is 11.7. The molecule has 2 N–H and O–H groups in total. The number of carboxylic acid groups (broad SMARTS) is 1. The van der Waals surface area contributed by atoms with Crippen LogP contribution in [0.5, 0.6) is 5.88 Å². The average molecular weight is 269 g/mol. The maximum Gasteiger partial charge on any atom is 0.334 e. The third-order valence-electron chi connectivity index (χ3n) is 2.19. The Morgan fingerprint density at radius 1 is 1.47 bits per heavy atom. The normalized spacial score (nSPS) is 12.3. The molecule has 0 bridgehead atoms. The molecular formula is C12H19N3O4. The molecule has 0 aliphatic carbocycles. The van der Waals surface area contributed by atoms with Gasteiger partial charge in [-0.15, -0.1) is 0 Å². The fourth-order valence-corrected chi connectivity index (χ4v) is 1.38. The van der Waals surface area contributed by atoms with Gasteiger partial charge >= 0.3 is 5.97 Å². The summed E-state index contributed by atoms with van der Waals surface area (Å²) in [7, 11) is 1.34. The third-order valence-corrected chi connectivity index (χ3v) is 2.19. The van der Waals surface area contributed by atoms with E-state index in [9.17, 15) is 4.79 Å². The summed E-state index contributed by atoms with van der Waals surface area (Å²) in [6.45, 7) is 5.69. The molecule has 1 atom stereocenters. The van der Waals surface area contributed by atoms with Crippen molar-refractivity contribution in [2.75, 3.05) is 19.0 Å². The number of nitrogens with zero attached hydrogens (tertiary/aromatic N) is 2. The van der Waals surface area contributed by atoms with E-state index in [0.717, 1.165) is 5.69 Å². The Balaban J connectivity index is 2.72. The second-order valence-electron chi connectivity index (χ2n) is 4.28. The molecule has 0 amide bonds. The fraction of sp³-hybridized carbons (Fsp3) is 0.583. The lowest BCUT2D eigenvalue weighted by Gasteiger charge is -2.13. The number of aliphatic carboxylic acids is 1. The number of carboxylic acids is 1. The van der Waals surface area contributed by atoms with E-state index in [2.05, 4.69) is 15.3 Å². The van der Waals surface area contributed by atoms with Crippen molar-refractivity contribution in [3.8, 4) is 5.88 Å². The van der Waals surface area contributed by atoms with E-state index in [4.69, 9.17) is 14.6 Å². The van der Waals surface area contributed by atoms with Crippen LogP contribution in [0, 0.1) is 6.92 Å². The van der Waals surface area contributed by atoms with Crippen LogP contribution in [-0.4, -0.2) is 46.9 Å². The summed E-state index contributed by atoms with van der Waals surface area (Å²) >= 11 is 0. The first-order valence-corrected chi connectivity index (χ1v) is 5.94. The number of rotatable bonds is 7. The van der Waals surface area contributed by atoms with E-state index in [0.29, 0.717) is 11.8 Å². The number of anilines is 1. The predicted molar refractivity (Wildman–Crippen MR) is 69.5 cm³/mol. The van der Waals surface area contributed by atoms with Crippen LogP contribution in [0.4, 0.5) is 5.95 Å². The van der Waals surface area contributed by atoms with E-state index in [1.165, 1.54) is 7.11 Å². The van der Waals surface area contributed by atoms with Crippen molar-refractivity contribution < 1.29 is 19.4 Å². The molecule has 0 saturated heterocycles. The summed E-state index contributed by atoms with van der Waals surface area (Å²) in [5.41, 5.74) is 0.734. The molecule has 0 spiro atoms. The minimum atomic E-state index is -1.04. The zero-order valence-corrected chi connectivity index (χ0v) is 11.5.